The fourth-order valence-electron chi connectivity index (χ4n) is 1.55. The van der Waals surface area contributed by atoms with Gasteiger partial charge in [-0.15, -0.1) is 11.8 Å². The lowest BCUT2D eigenvalue weighted by Gasteiger charge is -2.06. The third-order valence-electron chi connectivity index (χ3n) is 2.56. The highest BCUT2D eigenvalue weighted by molar-refractivity contribution is 7.98. The molecule has 0 aliphatic carbocycles. The van der Waals surface area contributed by atoms with Gasteiger partial charge in [-0.3, -0.25) is 10.1 Å². The zero-order chi connectivity index (χ0) is 13.8. The maximum atomic E-state index is 13.4. The van der Waals surface area contributed by atoms with Gasteiger partial charge in [-0.05, 0) is 23.8 Å². The zero-order valence-electron chi connectivity index (χ0n) is 9.88. The molecule has 0 aromatic heterocycles. The van der Waals surface area contributed by atoms with Crippen LogP contribution in [0.5, 0.6) is 0 Å². The second-order valence-corrected chi connectivity index (χ2v) is 4.88. The van der Waals surface area contributed by atoms with Crippen molar-refractivity contribution in [3.8, 4) is 0 Å². The summed E-state index contributed by atoms with van der Waals surface area (Å²) in [7, 11) is 0. The molecular formula is C13H11FN2O2S. The Kier molecular flexibility index (Phi) is 4.01. The van der Waals surface area contributed by atoms with Crippen LogP contribution in [0.2, 0.25) is 0 Å². The number of nitrogens with two attached hydrogens (primary N) is 1. The Labute approximate surface area is 113 Å². The highest BCUT2D eigenvalue weighted by Crippen LogP contribution is 2.29. The first kappa shape index (κ1) is 13.4. The molecule has 6 heteroatoms. The molecule has 0 radical (unpaired) electrons. The first-order valence-corrected chi connectivity index (χ1v) is 6.46. The second kappa shape index (κ2) is 5.71. The third-order valence-corrected chi connectivity index (χ3v) is 3.65. The van der Waals surface area contributed by atoms with Gasteiger partial charge in [0, 0.05) is 28.5 Å². The van der Waals surface area contributed by atoms with Crippen LogP contribution in [0.1, 0.15) is 5.56 Å². The van der Waals surface area contributed by atoms with E-state index in [2.05, 4.69) is 0 Å². The first-order valence-electron chi connectivity index (χ1n) is 5.48. The Morgan fingerprint density at radius 1 is 1.26 bits per heavy atom. The van der Waals surface area contributed by atoms with E-state index < -0.39 is 4.92 Å². The van der Waals surface area contributed by atoms with Crippen molar-refractivity contribution >= 4 is 23.1 Å². The number of non-ortho nitro benzene ring substituents is 1. The fraction of sp³-hybridized carbons (Fsp3) is 0.0769. The standard InChI is InChI=1S/C13H11FN2O2S/c14-11-3-1-2-4-13(11)19-8-9-7-10(16(17)18)5-6-12(9)15/h1-7H,8,15H2. The van der Waals surface area contributed by atoms with E-state index in [0.717, 1.165) is 0 Å². The quantitative estimate of drug-likeness (QED) is 0.401. The Bertz CT molecular complexity index is 619. The SMILES string of the molecule is Nc1ccc([N+](=O)[O-])cc1CSc1ccccc1F. The summed E-state index contributed by atoms with van der Waals surface area (Å²) in [6.07, 6.45) is 0. The number of nitrogens with zero attached hydrogens (tertiary/aromatic N) is 1. The van der Waals surface area contributed by atoms with Gasteiger partial charge in [-0.1, -0.05) is 12.1 Å². The lowest BCUT2D eigenvalue weighted by atomic mass is 10.2. The molecule has 19 heavy (non-hydrogen) atoms. The van der Waals surface area contributed by atoms with Gasteiger partial charge in [-0.2, -0.15) is 0 Å². The maximum Gasteiger partial charge on any atom is 0.269 e. The summed E-state index contributed by atoms with van der Waals surface area (Å²) in [6.45, 7) is 0. The van der Waals surface area contributed by atoms with Crippen LogP contribution >= 0.6 is 11.8 Å². The summed E-state index contributed by atoms with van der Waals surface area (Å²) in [6, 6.07) is 10.7. The smallest absolute Gasteiger partial charge is 0.269 e. The van der Waals surface area contributed by atoms with Crippen LogP contribution in [0.3, 0.4) is 0 Å². The minimum atomic E-state index is -0.475. The summed E-state index contributed by atoms with van der Waals surface area (Å²) < 4.78 is 13.4. The van der Waals surface area contributed by atoms with Gasteiger partial charge in [0.25, 0.3) is 5.69 Å². The lowest BCUT2D eigenvalue weighted by molar-refractivity contribution is -0.384. The number of halogens is 1. The molecule has 4 nitrogen and oxygen atoms in total. The molecule has 98 valence electrons. The predicted octanol–water partition coefficient (Wildman–Crippen LogP) is 3.61. The van der Waals surface area contributed by atoms with Gasteiger partial charge in [-0.25, -0.2) is 4.39 Å². The minimum absolute atomic E-state index is 0.0154. The van der Waals surface area contributed by atoms with E-state index in [9.17, 15) is 14.5 Å². The lowest BCUT2D eigenvalue weighted by Crippen LogP contribution is -1.96. The van der Waals surface area contributed by atoms with Crippen molar-refractivity contribution in [3.05, 3.63) is 64.0 Å². The summed E-state index contributed by atoms with van der Waals surface area (Å²) >= 11 is 1.26. The van der Waals surface area contributed by atoms with Crippen molar-refractivity contribution in [2.75, 3.05) is 5.73 Å². The number of hydrogen-bond donors (Lipinski definition) is 1. The molecule has 0 heterocycles. The van der Waals surface area contributed by atoms with Crippen LogP contribution in [0.4, 0.5) is 15.8 Å². The van der Waals surface area contributed by atoms with Gasteiger partial charge in [0.1, 0.15) is 5.82 Å². The molecule has 2 aromatic carbocycles. The molecule has 0 aliphatic rings. The van der Waals surface area contributed by atoms with Crippen LogP contribution in [0.25, 0.3) is 0 Å². The monoisotopic (exact) mass is 278 g/mol. The Hall–Kier alpha value is -2.08. The van der Waals surface area contributed by atoms with Gasteiger partial charge < -0.3 is 5.73 Å². The van der Waals surface area contributed by atoms with E-state index in [1.165, 1.54) is 36.0 Å². The largest absolute Gasteiger partial charge is 0.398 e. The molecule has 0 aliphatic heterocycles. The number of benzene rings is 2. The Balaban J connectivity index is 2.17. The van der Waals surface area contributed by atoms with Crippen molar-refractivity contribution in [1.29, 1.82) is 0 Å². The van der Waals surface area contributed by atoms with E-state index in [4.69, 9.17) is 5.73 Å². The number of rotatable bonds is 4. The number of nitrogen functional groups attached to an aromatic ring is 1. The molecular weight excluding hydrogens is 267 g/mol. The van der Waals surface area contributed by atoms with Crippen molar-refractivity contribution in [2.24, 2.45) is 0 Å². The molecule has 2 N–H and O–H groups in total. The molecule has 0 atom stereocenters. The maximum absolute atomic E-state index is 13.4. The molecule has 0 saturated carbocycles. The molecule has 0 bridgehead atoms. The number of nitro groups is 1. The number of hydrogen-bond acceptors (Lipinski definition) is 4. The van der Waals surface area contributed by atoms with Crippen molar-refractivity contribution < 1.29 is 9.31 Å². The topological polar surface area (TPSA) is 69.2 Å². The van der Waals surface area contributed by atoms with E-state index in [-0.39, 0.29) is 11.5 Å². The highest BCUT2D eigenvalue weighted by atomic mass is 32.2. The van der Waals surface area contributed by atoms with Crippen molar-refractivity contribution in [3.63, 3.8) is 0 Å². The third kappa shape index (κ3) is 3.23. The minimum Gasteiger partial charge on any atom is -0.398 e. The van der Waals surface area contributed by atoms with Crippen molar-refractivity contribution in [1.82, 2.24) is 0 Å². The molecule has 0 unspecified atom stereocenters. The predicted molar refractivity (Wildman–Crippen MR) is 73.5 cm³/mol. The molecule has 2 rings (SSSR count). The summed E-state index contributed by atoms with van der Waals surface area (Å²) in [5, 5.41) is 10.7. The van der Waals surface area contributed by atoms with Gasteiger partial charge in [0.05, 0.1) is 4.92 Å². The second-order valence-electron chi connectivity index (χ2n) is 3.86. The summed E-state index contributed by atoms with van der Waals surface area (Å²) in [5.74, 6) is 0.0746. The molecule has 0 amide bonds. The number of thioether (sulfide) groups is 1. The van der Waals surface area contributed by atoms with Crippen LogP contribution in [-0.2, 0) is 5.75 Å². The van der Waals surface area contributed by atoms with E-state index in [1.54, 1.807) is 18.2 Å². The Morgan fingerprint density at radius 2 is 2.00 bits per heavy atom. The number of nitro benzene ring substituents is 1. The molecule has 0 spiro atoms. The zero-order valence-corrected chi connectivity index (χ0v) is 10.7. The van der Waals surface area contributed by atoms with Crippen LogP contribution in [0.15, 0.2) is 47.4 Å². The summed E-state index contributed by atoms with van der Waals surface area (Å²) in [5.41, 5.74) is 6.84. The highest BCUT2D eigenvalue weighted by Gasteiger charge is 2.10. The molecule has 0 saturated heterocycles. The first-order chi connectivity index (χ1) is 9.08. The van der Waals surface area contributed by atoms with E-state index in [0.29, 0.717) is 21.9 Å². The van der Waals surface area contributed by atoms with Gasteiger partial charge >= 0.3 is 0 Å². The Morgan fingerprint density at radius 3 is 2.68 bits per heavy atom. The van der Waals surface area contributed by atoms with Crippen LogP contribution in [0, 0.1) is 15.9 Å². The molecule has 2 aromatic rings. The van der Waals surface area contributed by atoms with Gasteiger partial charge in [0.2, 0.25) is 0 Å². The summed E-state index contributed by atoms with van der Waals surface area (Å²) in [4.78, 5) is 10.7. The average Bonchev–Trinajstić information content (AvgIpc) is 2.39. The molecule has 0 fully saturated rings. The normalized spacial score (nSPS) is 10.4. The number of anilines is 1. The van der Waals surface area contributed by atoms with Crippen LogP contribution in [-0.4, -0.2) is 4.92 Å². The van der Waals surface area contributed by atoms with Gasteiger partial charge in [0.15, 0.2) is 0 Å². The van der Waals surface area contributed by atoms with E-state index >= 15 is 0 Å². The van der Waals surface area contributed by atoms with E-state index in [1.807, 2.05) is 0 Å². The fourth-order valence-corrected chi connectivity index (χ4v) is 2.49. The van der Waals surface area contributed by atoms with Crippen molar-refractivity contribution in [2.45, 2.75) is 10.6 Å². The average molecular weight is 278 g/mol. The van der Waals surface area contributed by atoms with Crippen LogP contribution < -0.4 is 5.73 Å².